The highest BCUT2D eigenvalue weighted by molar-refractivity contribution is 7.15. The Kier molecular flexibility index (Phi) is 7.63. The quantitative estimate of drug-likeness (QED) is 0.205. The highest BCUT2D eigenvalue weighted by atomic mass is 35.5. The number of methoxy groups -OCH3 is 1. The standard InChI is InChI=1S/C31H25ClN2O4S/c1-4-38-31(36)27-24(19-9-13-21(32)14-10-19)17-39-30(27)34-29(35)26-18(2)28(20-11-15-22(37-3)16-12-20)33-25-8-6-5-7-23(25)26/h5-17H,4H2,1-3H3,(H,34,35). The molecule has 0 spiro atoms. The largest absolute Gasteiger partial charge is 0.497 e. The minimum Gasteiger partial charge on any atom is -0.497 e. The zero-order chi connectivity index (χ0) is 27.5. The summed E-state index contributed by atoms with van der Waals surface area (Å²) in [5.74, 6) is -0.110. The van der Waals surface area contributed by atoms with Gasteiger partial charge in [0, 0.05) is 26.9 Å². The number of carbonyl (C=O) groups is 2. The number of hydrogen-bond acceptors (Lipinski definition) is 6. The molecule has 0 radical (unpaired) electrons. The number of esters is 1. The van der Waals surface area contributed by atoms with E-state index in [1.54, 1.807) is 26.2 Å². The van der Waals surface area contributed by atoms with E-state index in [0.717, 1.165) is 27.8 Å². The number of nitrogens with one attached hydrogen (secondary N) is 1. The summed E-state index contributed by atoms with van der Waals surface area (Å²) in [5.41, 5.74) is 5.24. The van der Waals surface area contributed by atoms with Crippen LogP contribution in [0.3, 0.4) is 0 Å². The molecule has 3 aromatic carbocycles. The lowest BCUT2D eigenvalue weighted by molar-refractivity contribution is 0.0529. The van der Waals surface area contributed by atoms with Gasteiger partial charge in [0.2, 0.25) is 0 Å². The highest BCUT2D eigenvalue weighted by Crippen LogP contribution is 2.38. The van der Waals surface area contributed by atoms with E-state index in [-0.39, 0.29) is 12.5 Å². The van der Waals surface area contributed by atoms with Crippen LogP contribution in [-0.4, -0.2) is 30.6 Å². The molecule has 39 heavy (non-hydrogen) atoms. The number of thiophene rings is 1. The topological polar surface area (TPSA) is 77.5 Å². The van der Waals surface area contributed by atoms with E-state index in [2.05, 4.69) is 5.32 Å². The van der Waals surface area contributed by atoms with Crippen molar-refractivity contribution in [2.24, 2.45) is 0 Å². The summed E-state index contributed by atoms with van der Waals surface area (Å²) in [6.07, 6.45) is 0. The Morgan fingerprint density at radius 3 is 2.33 bits per heavy atom. The maximum atomic E-state index is 13.9. The average molecular weight is 557 g/mol. The smallest absolute Gasteiger partial charge is 0.341 e. The van der Waals surface area contributed by atoms with E-state index in [0.29, 0.717) is 37.9 Å². The predicted molar refractivity (Wildman–Crippen MR) is 157 cm³/mol. The first-order chi connectivity index (χ1) is 18.9. The fourth-order valence-corrected chi connectivity index (χ4v) is 5.57. The van der Waals surface area contributed by atoms with Gasteiger partial charge in [0.15, 0.2) is 0 Å². The van der Waals surface area contributed by atoms with Crippen LogP contribution in [0.2, 0.25) is 5.02 Å². The molecule has 0 fully saturated rings. The van der Waals surface area contributed by atoms with Gasteiger partial charge in [-0.15, -0.1) is 11.3 Å². The summed E-state index contributed by atoms with van der Waals surface area (Å²) >= 11 is 7.34. The van der Waals surface area contributed by atoms with E-state index in [9.17, 15) is 9.59 Å². The summed E-state index contributed by atoms with van der Waals surface area (Å²) in [7, 11) is 1.62. The Hall–Kier alpha value is -4.20. The molecule has 1 N–H and O–H groups in total. The molecule has 6 nitrogen and oxygen atoms in total. The number of carbonyl (C=O) groups excluding carboxylic acids is 2. The summed E-state index contributed by atoms with van der Waals surface area (Å²) < 4.78 is 10.7. The first-order valence-electron chi connectivity index (χ1n) is 12.3. The molecule has 0 aliphatic carbocycles. The lowest BCUT2D eigenvalue weighted by Gasteiger charge is -2.15. The fraction of sp³-hybridized carbons (Fsp3) is 0.129. The second kappa shape index (κ2) is 11.3. The molecule has 5 aromatic rings. The molecule has 0 aliphatic heterocycles. The molecule has 0 atom stereocenters. The molecule has 0 saturated carbocycles. The Labute approximate surface area is 235 Å². The lowest BCUT2D eigenvalue weighted by Crippen LogP contribution is -2.17. The first-order valence-corrected chi connectivity index (χ1v) is 13.6. The maximum Gasteiger partial charge on any atom is 0.341 e. The molecule has 0 saturated heterocycles. The highest BCUT2D eigenvalue weighted by Gasteiger charge is 2.25. The minimum absolute atomic E-state index is 0.210. The van der Waals surface area contributed by atoms with Crippen molar-refractivity contribution in [1.29, 1.82) is 0 Å². The Bertz CT molecular complexity index is 1680. The zero-order valence-corrected chi connectivity index (χ0v) is 23.2. The van der Waals surface area contributed by atoms with Gasteiger partial charge in [0.1, 0.15) is 16.3 Å². The van der Waals surface area contributed by atoms with Gasteiger partial charge in [-0.1, -0.05) is 41.9 Å². The number of hydrogen-bond donors (Lipinski definition) is 1. The molecule has 0 aliphatic rings. The summed E-state index contributed by atoms with van der Waals surface area (Å²) in [5, 5.41) is 6.56. The third-order valence-electron chi connectivity index (χ3n) is 6.38. The molecule has 0 unspecified atom stereocenters. The number of anilines is 1. The van der Waals surface area contributed by atoms with Crippen molar-refractivity contribution in [3.63, 3.8) is 0 Å². The van der Waals surface area contributed by atoms with Crippen LogP contribution in [-0.2, 0) is 4.74 Å². The molecule has 1 amide bonds. The van der Waals surface area contributed by atoms with Gasteiger partial charge >= 0.3 is 5.97 Å². The Balaban J connectivity index is 1.60. The van der Waals surface area contributed by atoms with Crippen molar-refractivity contribution in [3.8, 4) is 28.1 Å². The molecule has 196 valence electrons. The van der Waals surface area contributed by atoms with Crippen LogP contribution in [0.25, 0.3) is 33.3 Å². The number of halogens is 1. The number of nitrogens with zero attached hydrogens (tertiary/aromatic N) is 1. The summed E-state index contributed by atoms with van der Waals surface area (Å²) in [6, 6.07) is 22.3. The molecule has 5 rings (SSSR count). The van der Waals surface area contributed by atoms with Gasteiger partial charge in [0.25, 0.3) is 5.91 Å². The SMILES string of the molecule is CCOC(=O)c1c(-c2ccc(Cl)cc2)csc1NC(=O)c1c(C)c(-c2ccc(OC)cc2)nc2ccccc12. The van der Waals surface area contributed by atoms with Crippen molar-refractivity contribution in [2.75, 3.05) is 19.0 Å². The number of rotatable bonds is 7. The lowest BCUT2D eigenvalue weighted by atomic mass is 9.97. The Morgan fingerprint density at radius 2 is 1.64 bits per heavy atom. The Morgan fingerprint density at radius 1 is 0.949 bits per heavy atom. The van der Waals surface area contributed by atoms with Crippen LogP contribution in [0.15, 0.2) is 78.2 Å². The second-order valence-corrected chi connectivity index (χ2v) is 10.1. The first kappa shape index (κ1) is 26.4. The van der Waals surface area contributed by atoms with Gasteiger partial charge in [-0.25, -0.2) is 9.78 Å². The normalized spacial score (nSPS) is 10.9. The van der Waals surface area contributed by atoms with Crippen LogP contribution in [0.4, 0.5) is 5.00 Å². The number of aromatic nitrogens is 1. The molecule has 2 aromatic heterocycles. The van der Waals surface area contributed by atoms with Crippen LogP contribution in [0.1, 0.15) is 33.2 Å². The van der Waals surface area contributed by atoms with Gasteiger partial charge in [-0.05, 0) is 67.4 Å². The van der Waals surface area contributed by atoms with Crippen LogP contribution < -0.4 is 10.1 Å². The second-order valence-electron chi connectivity index (χ2n) is 8.74. The van der Waals surface area contributed by atoms with Crippen LogP contribution in [0.5, 0.6) is 5.75 Å². The maximum absolute atomic E-state index is 13.9. The third-order valence-corrected chi connectivity index (χ3v) is 7.53. The van der Waals surface area contributed by atoms with Gasteiger partial charge < -0.3 is 14.8 Å². The molecule has 8 heteroatoms. The van der Waals surface area contributed by atoms with E-state index in [1.807, 2.05) is 73.0 Å². The molecular formula is C31H25ClN2O4S. The van der Waals surface area contributed by atoms with E-state index < -0.39 is 5.97 Å². The zero-order valence-electron chi connectivity index (χ0n) is 21.6. The minimum atomic E-state index is -0.505. The van der Waals surface area contributed by atoms with Gasteiger partial charge in [0.05, 0.1) is 30.5 Å². The summed E-state index contributed by atoms with van der Waals surface area (Å²) in [6.45, 7) is 3.84. The number of ether oxygens (including phenoxy) is 2. The van der Waals surface area contributed by atoms with E-state index in [4.69, 9.17) is 26.1 Å². The van der Waals surface area contributed by atoms with Crippen molar-refractivity contribution < 1.29 is 19.1 Å². The molecule has 2 heterocycles. The average Bonchev–Trinajstić information content (AvgIpc) is 3.36. The number of fused-ring (bicyclic) bond motifs is 1. The van der Waals surface area contributed by atoms with Crippen molar-refractivity contribution in [2.45, 2.75) is 13.8 Å². The van der Waals surface area contributed by atoms with Gasteiger partial charge in [-0.2, -0.15) is 0 Å². The number of benzene rings is 3. The van der Waals surface area contributed by atoms with Crippen LogP contribution >= 0.6 is 22.9 Å². The predicted octanol–water partition coefficient (Wildman–Crippen LogP) is 8.03. The summed E-state index contributed by atoms with van der Waals surface area (Å²) in [4.78, 5) is 31.9. The fourth-order valence-electron chi connectivity index (χ4n) is 4.49. The van der Waals surface area contributed by atoms with Gasteiger partial charge in [-0.3, -0.25) is 4.79 Å². The number of amides is 1. The molecule has 0 bridgehead atoms. The number of para-hydroxylation sites is 1. The monoisotopic (exact) mass is 556 g/mol. The van der Waals surface area contributed by atoms with E-state index in [1.165, 1.54) is 11.3 Å². The van der Waals surface area contributed by atoms with E-state index >= 15 is 0 Å². The number of pyridine rings is 1. The van der Waals surface area contributed by atoms with Crippen molar-refractivity contribution >= 4 is 50.7 Å². The third kappa shape index (κ3) is 5.24. The molecular weight excluding hydrogens is 532 g/mol. The van der Waals surface area contributed by atoms with Crippen molar-refractivity contribution in [3.05, 3.63) is 99.9 Å². The van der Waals surface area contributed by atoms with Crippen molar-refractivity contribution in [1.82, 2.24) is 4.98 Å². The van der Waals surface area contributed by atoms with Crippen LogP contribution in [0, 0.1) is 6.92 Å².